The Labute approximate surface area is 773 Å². The molecule has 0 radical (unpaired) electrons. The van der Waals surface area contributed by atoms with Gasteiger partial charge in [-0.15, -0.1) is 0 Å². The molecule has 16 rings (SSSR count). The van der Waals surface area contributed by atoms with Crippen molar-refractivity contribution in [1.82, 2.24) is 9.97 Å². The summed E-state index contributed by atoms with van der Waals surface area (Å²) >= 11 is 0. The Morgan fingerprint density at radius 1 is 0.382 bits per heavy atom. The molecule has 6 heterocycles. The molecule has 17 heteroatoms. The van der Waals surface area contributed by atoms with Gasteiger partial charge in [-0.25, -0.2) is 4.98 Å². The monoisotopic (exact) mass is 1860 g/mol. The number of ether oxygens (including phenoxy) is 7. The number of hydrogen-bond acceptors (Lipinski definition) is 9. The number of aromatic nitrogens is 2. The summed E-state index contributed by atoms with van der Waals surface area (Å²) in [4.78, 5) is 10.0. The molecular formula is C106H150Fe2N2O7P6. The molecule has 6 aromatic carbocycles. The van der Waals surface area contributed by atoms with Crippen molar-refractivity contribution in [2.24, 2.45) is 5.92 Å². The summed E-state index contributed by atoms with van der Waals surface area (Å²) < 4.78 is 43.1. The third-order valence-electron chi connectivity index (χ3n) is 26.5. The van der Waals surface area contributed by atoms with Gasteiger partial charge in [-0.2, -0.15) is 4.98 Å². The Bertz CT molecular complexity index is 4410. The molecule has 11 atom stereocenters. The van der Waals surface area contributed by atoms with Gasteiger partial charge in [-0.3, -0.25) is 0 Å². The largest absolute Gasteiger partial charge is 0.481 e. The number of pyridine rings is 2. The number of methoxy groups -OCH3 is 3. The van der Waals surface area contributed by atoms with Gasteiger partial charge in [0.2, 0.25) is 17.6 Å². The Balaban J connectivity index is 0.000000187. The molecule has 0 spiro atoms. The second kappa shape index (κ2) is 44.1. The van der Waals surface area contributed by atoms with Crippen LogP contribution in [0.1, 0.15) is 257 Å². The van der Waals surface area contributed by atoms with Gasteiger partial charge in [0.25, 0.3) is 0 Å². The van der Waals surface area contributed by atoms with Crippen molar-refractivity contribution >= 4 is 90.0 Å². The number of fused-ring (bicyclic) bond motifs is 2. The van der Waals surface area contributed by atoms with Gasteiger partial charge in [0.05, 0.1) is 56.9 Å². The van der Waals surface area contributed by atoms with Crippen molar-refractivity contribution in [2.75, 3.05) is 21.3 Å². The number of aryl methyl sites for hydroxylation is 9. The summed E-state index contributed by atoms with van der Waals surface area (Å²) in [5, 5.41) is 11.1. The minimum atomic E-state index is -1.16. The van der Waals surface area contributed by atoms with E-state index < -0.39 is 15.8 Å². The van der Waals surface area contributed by atoms with Crippen LogP contribution in [0.3, 0.4) is 0 Å². The fraction of sp³-hybridized carbons (Fsp3) is 0.566. The summed E-state index contributed by atoms with van der Waals surface area (Å²) in [6.45, 7) is 54.9. The Morgan fingerprint density at radius 3 is 0.992 bits per heavy atom. The van der Waals surface area contributed by atoms with Gasteiger partial charge < -0.3 is 33.2 Å². The van der Waals surface area contributed by atoms with Crippen molar-refractivity contribution in [3.63, 3.8) is 0 Å². The van der Waals surface area contributed by atoms with E-state index in [0.717, 1.165) is 78.6 Å². The average Bonchev–Trinajstić information content (AvgIpc) is 0.879. The molecule has 8 fully saturated rings. The van der Waals surface area contributed by atoms with Gasteiger partial charge in [0.15, 0.2) is 11.6 Å². The SMILES string of the molecule is C1CCCC1.COc1cc(P(c2cc(C)cc(C)c2)c2cc(C)cc(C)c2)c(-c2c(P(c3cc(C)cc(C)c3)c3cc(C)cc(C)c3)cc(C)nc2OC)c(OC)n1.C[C@H](C1CCCC1P(c1ccccc1)c1ccccc1)P(C(C)(C)C)C(C)(C)C.C[C@H]1[C@H]2OC(C)(C)O[C@@H]2[C@H](C)P1C1CCCC1.C[C@H]1[C@H]2OC(C)(C)O[C@@H]2[C@H](C)P1C1CCCC1.[Fe].[Fe]. The van der Waals surface area contributed by atoms with E-state index in [9.17, 15) is 0 Å². The minimum Gasteiger partial charge on any atom is -0.481 e. The molecule has 123 heavy (non-hydrogen) atoms. The Hall–Kier alpha value is -3.52. The standard InChI is InChI=1S/C46H50N2O3P2.C27H40P2.2C14H25O2P.C5H10.2Fe/c1-27-13-28(2)18-36(17-27)52(37-19-29(3)14-30(4)20-37)40-25-35(9)47-45(50-11)43(40)44-41(26-42(49-10)48-46(44)51-12)53(38-21-31(5)15-32(6)22-38)39-23-33(7)16-34(8)24-39;1-21(29(26(2,3)4)27(5,6)7)24-19-14-20-25(24)28(22-15-10-8-11-16-22)23-17-12-9-13-18-23;2*1-9-12-13(16-14(3,4)15-12)10(2)17(9)11-7-5-6-8-11;1-2-4-5-3-1;;/h13-26H,1-12H3;8-13,15-18,21,24-25H,14,19-20H2,1-7H3;2*9-13H,5-8H2,1-4H3;1-5H2;;/t;21-,24?,25?;2*9-,10-,12+,13+;;;/m.100.../s1. The predicted octanol–water partition coefficient (Wildman–Crippen LogP) is 25.6. The van der Waals surface area contributed by atoms with Crippen LogP contribution in [0.15, 0.2) is 146 Å². The number of benzene rings is 6. The topological polar surface area (TPSA) is 90.4 Å². The quantitative estimate of drug-likeness (QED) is 0.0653. The molecule has 4 aliphatic carbocycles. The van der Waals surface area contributed by atoms with Crippen LogP contribution in [-0.2, 0) is 53.1 Å². The van der Waals surface area contributed by atoms with Gasteiger partial charge >= 0.3 is 0 Å². The third-order valence-corrected chi connectivity index (χ3v) is 46.0. The molecule has 0 bridgehead atoms. The molecule has 2 unspecified atom stereocenters. The van der Waals surface area contributed by atoms with Crippen molar-refractivity contribution in [1.29, 1.82) is 0 Å². The van der Waals surface area contributed by atoms with Crippen molar-refractivity contribution in [3.05, 3.63) is 196 Å². The molecule has 4 saturated heterocycles. The van der Waals surface area contributed by atoms with E-state index in [-0.39, 0.29) is 77.4 Å². The van der Waals surface area contributed by atoms with E-state index in [1.165, 1.54) is 168 Å². The van der Waals surface area contributed by atoms with Crippen LogP contribution in [-0.4, -0.2) is 123 Å². The van der Waals surface area contributed by atoms with Crippen LogP contribution in [0.25, 0.3) is 11.1 Å². The molecule has 0 amide bonds. The van der Waals surface area contributed by atoms with E-state index in [1.807, 2.05) is 0 Å². The van der Waals surface area contributed by atoms with E-state index in [4.69, 9.17) is 43.1 Å². The summed E-state index contributed by atoms with van der Waals surface area (Å²) in [6, 6.07) is 54.8. The maximum absolute atomic E-state index is 6.31. The molecule has 8 aliphatic rings. The van der Waals surface area contributed by atoms with Crippen molar-refractivity contribution in [2.45, 2.75) is 360 Å². The summed E-state index contributed by atoms with van der Waals surface area (Å²) in [5.74, 6) is 1.65. The maximum Gasteiger partial charge on any atom is 0.225 e. The van der Waals surface area contributed by atoms with Gasteiger partial charge in [0.1, 0.15) is 0 Å². The zero-order valence-corrected chi connectivity index (χ0v) is 87.4. The second-order valence-electron chi connectivity index (χ2n) is 39.6. The van der Waals surface area contributed by atoms with E-state index in [2.05, 4.69) is 312 Å². The van der Waals surface area contributed by atoms with Crippen LogP contribution >= 0.6 is 47.5 Å². The Morgan fingerprint density at radius 2 is 0.691 bits per heavy atom. The molecule has 4 aliphatic heterocycles. The number of nitrogens with zero attached hydrogens (tertiary/aromatic N) is 2. The van der Waals surface area contributed by atoms with E-state index in [1.54, 1.807) is 31.9 Å². The number of hydrogen-bond donors (Lipinski definition) is 0. The average molecular weight is 1860 g/mol. The fourth-order valence-corrected chi connectivity index (χ4v) is 45.4. The summed E-state index contributed by atoms with van der Waals surface area (Å²) in [5.41, 5.74) is 19.0. The van der Waals surface area contributed by atoms with Gasteiger partial charge in [0, 0.05) is 79.1 Å². The zero-order valence-electron chi connectivity index (χ0n) is 79.8. The minimum absolute atomic E-state index is 0. The van der Waals surface area contributed by atoms with Crippen LogP contribution in [0.2, 0.25) is 0 Å². The van der Waals surface area contributed by atoms with Crippen LogP contribution in [0.5, 0.6) is 17.6 Å². The third kappa shape index (κ3) is 24.6. The van der Waals surface area contributed by atoms with Crippen LogP contribution < -0.4 is 56.6 Å². The second-order valence-corrected chi connectivity index (χ2v) is 57.1. The first-order valence-electron chi connectivity index (χ1n) is 45.9. The van der Waals surface area contributed by atoms with Crippen molar-refractivity contribution in [3.8, 4) is 28.8 Å². The van der Waals surface area contributed by atoms with Crippen LogP contribution in [0.4, 0.5) is 0 Å². The molecule has 9 nitrogen and oxygen atoms in total. The van der Waals surface area contributed by atoms with Gasteiger partial charge in [-0.1, -0.05) is 342 Å². The molecular weight excluding hydrogens is 1710 g/mol. The smallest absolute Gasteiger partial charge is 0.225 e. The number of rotatable bonds is 17. The summed E-state index contributed by atoms with van der Waals surface area (Å²) in [6.07, 6.45) is 24.8. The zero-order chi connectivity index (χ0) is 87.3. The molecule has 4 saturated carbocycles. The van der Waals surface area contributed by atoms with Gasteiger partial charge in [-0.05, 0) is 229 Å². The van der Waals surface area contributed by atoms with Crippen LogP contribution in [0, 0.1) is 68.2 Å². The van der Waals surface area contributed by atoms with E-state index in [0.29, 0.717) is 52.4 Å². The molecule has 8 aromatic rings. The van der Waals surface area contributed by atoms with E-state index >= 15 is 0 Å². The first-order chi connectivity index (χ1) is 57.4. The molecule has 672 valence electrons. The molecule has 2 aromatic heterocycles. The fourth-order valence-electron chi connectivity index (χ4n) is 22.7. The predicted molar refractivity (Wildman–Crippen MR) is 530 cm³/mol. The maximum atomic E-state index is 6.31. The first-order valence-corrected chi connectivity index (χ1v) is 54.6. The Kier molecular flexibility index (Phi) is 36.5. The summed E-state index contributed by atoms with van der Waals surface area (Å²) in [7, 11) is 2.61. The normalized spacial score (nSPS) is 24.7. The first kappa shape index (κ1) is 102. The van der Waals surface area contributed by atoms with Crippen molar-refractivity contribution < 1.29 is 67.3 Å². The molecule has 0 N–H and O–H groups in total.